The van der Waals surface area contributed by atoms with Gasteiger partial charge in [0.1, 0.15) is 5.82 Å². The van der Waals surface area contributed by atoms with Crippen LogP contribution in [0.3, 0.4) is 0 Å². The number of hydrogen-bond acceptors (Lipinski definition) is 5. The predicted molar refractivity (Wildman–Crippen MR) is 114 cm³/mol. The van der Waals surface area contributed by atoms with Crippen LogP contribution < -0.4 is 10.6 Å². The number of hydrogen-bond donors (Lipinski definition) is 2. The Balaban J connectivity index is 1.71. The Labute approximate surface area is 169 Å². The molecule has 0 radical (unpaired) electrons. The minimum atomic E-state index is -0.375. The first-order valence-corrected chi connectivity index (χ1v) is 9.40. The van der Waals surface area contributed by atoms with Crippen LogP contribution in [0, 0.1) is 10.1 Å². The van der Waals surface area contributed by atoms with Crippen LogP contribution in [0.25, 0.3) is 11.1 Å². The summed E-state index contributed by atoms with van der Waals surface area (Å²) in [5, 5.41) is 17.3. The summed E-state index contributed by atoms with van der Waals surface area (Å²) in [5.41, 5.74) is 3.08. The third kappa shape index (κ3) is 5.16. The molecular formula is C22H22N4O3. The van der Waals surface area contributed by atoms with Gasteiger partial charge in [-0.25, -0.2) is 4.98 Å². The summed E-state index contributed by atoms with van der Waals surface area (Å²) in [4.78, 5) is 27.0. The Kier molecular flexibility index (Phi) is 6.52. The van der Waals surface area contributed by atoms with E-state index in [0.717, 1.165) is 17.5 Å². The summed E-state index contributed by atoms with van der Waals surface area (Å²) in [6.45, 7) is 2.46. The lowest BCUT2D eigenvalue weighted by Gasteiger charge is -2.12. The highest BCUT2D eigenvalue weighted by molar-refractivity contribution is 5.93. The summed E-state index contributed by atoms with van der Waals surface area (Å²) < 4.78 is 0. The van der Waals surface area contributed by atoms with Gasteiger partial charge in [-0.05, 0) is 35.7 Å². The van der Waals surface area contributed by atoms with E-state index in [1.54, 1.807) is 36.5 Å². The van der Waals surface area contributed by atoms with Gasteiger partial charge in [-0.3, -0.25) is 14.9 Å². The molecule has 2 aromatic carbocycles. The lowest BCUT2D eigenvalue weighted by molar-refractivity contribution is -0.384. The van der Waals surface area contributed by atoms with E-state index in [4.69, 9.17) is 0 Å². The second-order valence-electron chi connectivity index (χ2n) is 6.52. The first kappa shape index (κ1) is 20.0. The van der Waals surface area contributed by atoms with Gasteiger partial charge in [0.15, 0.2) is 0 Å². The first-order chi connectivity index (χ1) is 14.1. The Hall–Kier alpha value is -3.74. The number of carbonyl (C=O) groups is 1. The molecule has 1 amide bonds. The van der Waals surface area contributed by atoms with Crippen molar-refractivity contribution in [3.05, 3.63) is 82.5 Å². The number of para-hydroxylation sites is 1. The van der Waals surface area contributed by atoms with Crippen molar-refractivity contribution in [3.63, 3.8) is 0 Å². The van der Waals surface area contributed by atoms with E-state index in [0.29, 0.717) is 30.0 Å². The Morgan fingerprint density at radius 2 is 1.83 bits per heavy atom. The molecule has 0 bridgehead atoms. The van der Waals surface area contributed by atoms with Gasteiger partial charge in [-0.2, -0.15) is 0 Å². The zero-order chi connectivity index (χ0) is 20.6. The maximum atomic E-state index is 11.9. The molecule has 3 aromatic rings. The van der Waals surface area contributed by atoms with Gasteiger partial charge >= 0.3 is 0 Å². The highest BCUT2D eigenvalue weighted by atomic mass is 16.6. The standard InChI is InChI=1S/C22H22N4O3/c1-2-6-21(27)25-19-8-5-14-23-22(19)24-15-16-10-12-17(13-11-16)18-7-3-4-9-20(18)26(28)29/h3-5,7-14H,2,6,15H2,1H3,(H,23,24)(H,25,27). The predicted octanol–water partition coefficient (Wildman–Crippen LogP) is 5.01. The number of aromatic nitrogens is 1. The van der Waals surface area contributed by atoms with Gasteiger partial charge in [-0.1, -0.05) is 43.3 Å². The molecule has 3 rings (SSSR count). The van der Waals surface area contributed by atoms with Gasteiger partial charge < -0.3 is 10.6 Å². The molecule has 0 saturated heterocycles. The zero-order valence-corrected chi connectivity index (χ0v) is 16.1. The molecule has 7 heteroatoms. The van der Waals surface area contributed by atoms with Crippen LogP contribution in [0.1, 0.15) is 25.3 Å². The maximum absolute atomic E-state index is 11.9. The molecule has 0 atom stereocenters. The van der Waals surface area contributed by atoms with Gasteiger partial charge in [-0.15, -0.1) is 0 Å². The normalized spacial score (nSPS) is 10.4. The molecule has 0 fully saturated rings. The first-order valence-electron chi connectivity index (χ1n) is 9.40. The van der Waals surface area contributed by atoms with Crippen molar-refractivity contribution in [2.45, 2.75) is 26.3 Å². The van der Waals surface area contributed by atoms with Crippen molar-refractivity contribution in [2.75, 3.05) is 10.6 Å². The quantitative estimate of drug-likeness (QED) is 0.416. The van der Waals surface area contributed by atoms with E-state index in [1.807, 2.05) is 31.2 Å². The zero-order valence-electron chi connectivity index (χ0n) is 16.1. The van der Waals surface area contributed by atoms with Crippen LogP contribution in [-0.4, -0.2) is 15.8 Å². The van der Waals surface area contributed by atoms with E-state index in [2.05, 4.69) is 15.6 Å². The highest BCUT2D eigenvalue weighted by Gasteiger charge is 2.14. The number of benzene rings is 2. The molecule has 0 aliphatic heterocycles. The molecule has 0 aliphatic rings. The number of nitro groups is 1. The molecule has 0 spiro atoms. The third-order valence-corrected chi connectivity index (χ3v) is 4.38. The Morgan fingerprint density at radius 3 is 2.55 bits per heavy atom. The van der Waals surface area contributed by atoms with Crippen molar-refractivity contribution < 1.29 is 9.72 Å². The smallest absolute Gasteiger partial charge is 0.277 e. The average molecular weight is 390 g/mol. The van der Waals surface area contributed by atoms with Gasteiger partial charge in [0.25, 0.3) is 5.69 Å². The molecule has 148 valence electrons. The number of amides is 1. The molecule has 1 aromatic heterocycles. The van der Waals surface area contributed by atoms with Crippen molar-refractivity contribution in [1.29, 1.82) is 0 Å². The van der Waals surface area contributed by atoms with Crippen LogP contribution in [0.4, 0.5) is 17.2 Å². The summed E-state index contributed by atoms with van der Waals surface area (Å²) in [5.74, 6) is 0.553. The Bertz CT molecular complexity index is 1000. The van der Waals surface area contributed by atoms with Gasteiger partial charge in [0.2, 0.25) is 5.91 Å². The minimum absolute atomic E-state index is 0.0441. The molecular weight excluding hydrogens is 368 g/mol. The summed E-state index contributed by atoms with van der Waals surface area (Å²) in [7, 11) is 0. The second-order valence-corrected chi connectivity index (χ2v) is 6.52. The van der Waals surface area contributed by atoms with Crippen molar-refractivity contribution in [1.82, 2.24) is 4.98 Å². The van der Waals surface area contributed by atoms with E-state index in [-0.39, 0.29) is 16.5 Å². The van der Waals surface area contributed by atoms with E-state index < -0.39 is 0 Å². The van der Waals surface area contributed by atoms with Crippen LogP contribution in [0.15, 0.2) is 66.9 Å². The number of carbonyl (C=O) groups excluding carboxylic acids is 1. The van der Waals surface area contributed by atoms with Crippen LogP contribution in [0.5, 0.6) is 0 Å². The fourth-order valence-electron chi connectivity index (χ4n) is 2.95. The molecule has 1 heterocycles. The number of pyridine rings is 1. The lowest BCUT2D eigenvalue weighted by atomic mass is 10.0. The third-order valence-electron chi connectivity index (χ3n) is 4.38. The summed E-state index contributed by atoms with van der Waals surface area (Å²) >= 11 is 0. The summed E-state index contributed by atoms with van der Waals surface area (Å²) in [6, 6.07) is 17.8. The van der Waals surface area contributed by atoms with Gasteiger partial charge in [0, 0.05) is 25.2 Å². The van der Waals surface area contributed by atoms with Crippen LogP contribution >= 0.6 is 0 Å². The maximum Gasteiger partial charge on any atom is 0.277 e. The molecule has 2 N–H and O–H groups in total. The van der Waals surface area contributed by atoms with E-state index in [1.165, 1.54) is 6.07 Å². The molecule has 0 aliphatic carbocycles. The number of nitrogens with one attached hydrogen (secondary N) is 2. The molecule has 0 unspecified atom stereocenters. The van der Waals surface area contributed by atoms with Crippen molar-refractivity contribution in [2.24, 2.45) is 0 Å². The number of rotatable bonds is 8. The fourth-order valence-corrected chi connectivity index (χ4v) is 2.95. The van der Waals surface area contributed by atoms with Crippen LogP contribution in [-0.2, 0) is 11.3 Å². The Morgan fingerprint density at radius 1 is 1.07 bits per heavy atom. The molecule has 29 heavy (non-hydrogen) atoms. The molecule has 7 nitrogen and oxygen atoms in total. The number of nitro benzene ring substituents is 1. The topological polar surface area (TPSA) is 97.2 Å². The fraction of sp³-hybridized carbons (Fsp3) is 0.182. The van der Waals surface area contributed by atoms with Crippen LogP contribution in [0.2, 0.25) is 0 Å². The largest absolute Gasteiger partial charge is 0.364 e. The van der Waals surface area contributed by atoms with Crippen molar-refractivity contribution in [3.8, 4) is 11.1 Å². The van der Waals surface area contributed by atoms with Crippen molar-refractivity contribution >= 4 is 23.1 Å². The SMILES string of the molecule is CCCC(=O)Nc1cccnc1NCc1ccc(-c2ccccc2[N+](=O)[O-])cc1. The number of anilines is 2. The molecule has 0 saturated carbocycles. The monoisotopic (exact) mass is 390 g/mol. The highest BCUT2D eigenvalue weighted by Crippen LogP contribution is 2.29. The summed E-state index contributed by atoms with van der Waals surface area (Å²) in [6.07, 6.45) is 2.90. The lowest BCUT2D eigenvalue weighted by Crippen LogP contribution is -2.13. The average Bonchev–Trinajstić information content (AvgIpc) is 2.73. The minimum Gasteiger partial charge on any atom is -0.364 e. The second kappa shape index (κ2) is 9.45. The van der Waals surface area contributed by atoms with E-state index in [9.17, 15) is 14.9 Å². The number of nitrogens with zero attached hydrogens (tertiary/aromatic N) is 2. The van der Waals surface area contributed by atoms with E-state index >= 15 is 0 Å². The van der Waals surface area contributed by atoms with Gasteiger partial charge in [0.05, 0.1) is 16.2 Å².